The highest BCUT2D eigenvalue weighted by molar-refractivity contribution is 7.89. The maximum absolute atomic E-state index is 13.0. The number of anilines is 1. The van der Waals surface area contributed by atoms with E-state index in [0.717, 1.165) is 12.1 Å². The number of nitrogen functional groups attached to an aromatic ring is 1. The molecule has 17 heavy (non-hydrogen) atoms. The van der Waals surface area contributed by atoms with Gasteiger partial charge in [-0.1, -0.05) is 6.92 Å². The van der Waals surface area contributed by atoms with Crippen molar-refractivity contribution in [2.45, 2.75) is 37.6 Å². The van der Waals surface area contributed by atoms with Crippen molar-refractivity contribution in [1.82, 2.24) is 4.72 Å². The summed E-state index contributed by atoms with van der Waals surface area (Å²) in [5.74, 6) is -0.626. The summed E-state index contributed by atoms with van der Waals surface area (Å²) in [4.78, 5) is -0.0297. The standard InChI is InChI=1S/C11H17FN2O2S/c1-4-11(2,3)14-17(15,16)8-5-6-9(12)10(13)7-8/h5-7,14H,4,13H2,1-3H3. The van der Waals surface area contributed by atoms with Crippen LogP contribution in [0.5, 0.6) is 0 Å². The van der Waals surface area contributed by atoms with E-state index in [1.807, 2.05) is 6.92 Å². The molecule has 0 aliphatic rings. The first-order chi connectivity index (χ1) is 7.68. The average Bonchev–Trinajstić information content (AvgIpc) is 2.20. The van der Waals surface area contributed by atoms with E-state index >= 15 is 0 Å². The van der Waals surface area contributed by atoms with Gasteiger partial charge in [-0.15, -0.1) is 0 Å². The first-order valence-corrected chi connectivity index (χ1v) is 6.75. The maximum Gasteiger partial charge on any atom is 0.241 e. The van der Waals surface area contributed by atoms with Gasteiger partial charge < -0.3 is 5.73 Å². The molecule has 1 rings (SSSR count). The van der Waals surface area contributed by atoms with Crippen LogP contribution in [0.15, 0.2) is 23.1 Å². The largest absolute Gasteiger partial charge is 0.396 e. The van der Waals surface area contributed by atoms with Crippen LogP contribution in [0.3, 0.4) is 0 Å². The molecule has 3 N–H and O–H groups in total. The van der Waals surface area contributed by atoms with Crippen molar-refractivity contribution in [3.8, 4) is 0 Å². The third-order valence-corrected chi connectivity index (χ3v) is 4.27. The van der Waals surface area contributed by atoms with Gasteiger partial charge in [0.25, 0.3) is 0 Å². The molecule has 0 saturated heterocycles. The monoisotopic (exact) mass is 260 g/mol. The average molecular weight is 260 g/mol. The lowest BCUT2D eigenvalue weighted by Gasteiger charge is -2.24. The second kappa shape index (κ2) is 4.62. The minimum absolute atomic E-state index is 0.0297. The van der Waals surface area contributed by atoms with Gasteiger partial charge in [-0.3, -0.25) is 0 Å². The fourth-order valence-corrected chi connectivity index (χ4v) is 2.70. The molecule has 1 aromatic rings. The predicted molar refractivity (Wildman–Crippen MR) is 65.5 cm³/mol. The van der Waals surface area contributed by atoms with E-state index in [0.29, 0.717) is 6.42 Å². The SMILES string of the molecule is CCC(C)(C)NS(=O)(=O)c1ccc(F)c(N)c1. The van der Waals surface area contributed by atoms with Gasteiger partial charge in [0.1, 0.15) is 5.82 Å². The molecular weight excluding hydrogens is 243 g/mol. The number of nitrogens with two attached hydrogens (primary N) is 1. The van der Waals surface area contributed by atoms with E-state index in [1.165, 1.54) is 6.07 Å². The molecule has 0 spiro atoms. The van der Waals surface area contributed by atoms with Gasteiger partial charge in [-0.25, -0.2) is 17.5 Å². The minimum Gasteiger partial charge on any atom is -0.396 e. The zero-order valence-electron chi connectivity index (χ0n) is 10.1. The normalized spacial score (nSPS) is 12.7. The van der Waals surface area contributed by atoms with E-state index in [1.54, 1.807) is 13.8 Å². The topological polar surface area (TPSA) is 72.2 Å². The molecule has 0 amide bonds. The van der Waals surface area contributed by atoms with Crippen LogP contribution in [-0.4, -0.2) is 14.0 Å². The molecule has 0 atom stereocenters. The van der Waals surface area contributed by atoms with Crippen molar-refractivity contribution in [2.24, 2.45) is 0 Å². The highest BCUT2D eigenvalue weighted by atomic mass is 32.2. The number of sulfonamides is 1. The highest BCUT2D eigenvalue weighted by Gasteiger charge is 2.24. The summed E-state index contributed by atoms with van der Waals surface area (Å²) in [6, 6.07) is 3.35. The summed E-state index contributed by atoms with van der Waals surface area (Å²) in [7, 11) is -3.67. The molecule has 0 radical (unpaired) electrons. The Morgan fingerprint density at radius 3 is 2.47 bits per heavy atom. The van der Waals surface area contributed by atoms with Crippen LogP contribution in [0.2, 0.25) is 0 Å². The molecule has 96 valence electrons. The molecule has 0 saturated carbocycles. The summed E-state index contributed by atoms with van der Waals surface area (Å²) >= 11 is 0. The van der Waals surface area contributed by atoms with Gasteiger partial charge in [0, 0.05) is 5.54 Å². The van der Waals surface area contributed by atoms with Crippen molar-refractivity contribution in [1.29, 1.82) is 0 Å². The fourth-order valence-electron chi connectivity index (χ4n) is 1.18. The van der Waals surface area contributed by atoms with Crippen molar-refractivity contribution in [2.75, 3.05) is 5.73 Å². The number of hydrogen-bond acceptors (Lipinski definition) is 3. The van der Waals surface area contributed by atoms with E-state index in [-0.39, 0.29) is 10.6 Å². The Morgan fingerprint density at radius 2 is 2.00 bits per heavy atom. The fraction of sp³-hybridized carbons (Fsp3) is 0.455. The molecule has 0 aliphatic heterocycles. The Bertz CT molecular complexity index is 512. The molecule has 0 aromatic heterocycles. The van der Waals surface area contributed by atoms with E-state index in [2.05, 4.69) is 4.72 Å². The Hall–Kier alpha value is -1.14. The molecule has 0 bridgehead atoms. The molecule has 0 aliphatic carbocycles. The second-order valence-corrected chi connectivity index (χ2v) is 6.21. The van der Waals surface area contributed by atoms with E-state index in [4.69, 9.17) is 5.73 Å². The number of rotatable bonds is 4. The van der Waals surface area contributed by atoms with Gasteiger partial charge >= 0.3 is 0 Å². The first kappa shape index (κ1) is 13.9. The number of halogens is 1. The van der Waals surface area contributed by atoms with Crippen molar-refractivity contribution < 1.29 is 12.8 Å². The van der Waals surface area contributed by atoms with Crippen molar-refractivity contribution >= 4 is 15.7 Å². The number of nitrogens with one attached hydrogen (secondary N) is 1. The number of benzene rings is 1. The van der Waals surface area contributed by atoms with Crippen LogP contribution >= 0.6 is 0 Å². The predicted octanol–water partition coefficient (Wildman–Crippen LogP) is 1.87. The van der Waals surface area contributed by atoms with Gasteiger partial charge in [0.15, 0.2) is 0 Å². The summed E-state index contributed by atoms with van der Waals surface area (Å²) in [6.45, 7) is 5.43. The Morgan fingerprint density at radius 1 is 1.41 bits per heavy atom. The molecule has 0 fully saturated rings. The first-order valence-electron chi connectivity index (χ1n) is 5.27. The molecule has 6 heteroatoms. The van der Waals surface area contributed by atoms with Crippen molar-refractivity contribution in [3.63, 3.8) is 0 Å². The van der Waals surface area contributed by atoms with Crippen LogP contribution in [0.1, 0.15) is 27.2 Å². The van der Waals surface area contributed by atoms with Gasteiger partial charge in [0.2, 0.25) is 10.0 Å². The zero-order valence-corrected chi connectivity index (χ0v) is 10.9. The highest BCUT2D eigenvalue weighted by Crippen LogP contribution is 2.19. The maximum atomic E-state index is 13.0. The van der Waals surface area contributed by atoms with Crippen LogP contribution in [0, 0.1) is 5.82 Å². The van der Waals surface area contributed by atoms with E-state index in [9.17, 15) is 12.8 Å². The third-order valence-electron chi connectivity index (χ3n) is 2.57. The Balaban J connectivity index is 3.10. The molecule has 1 aromatic carbocycles. The van der Waals surface area contributed by atoms with E-state index < -0.39 is 21.4 Å². The van der Waals surface area contributed by atoms with Gasteiger partial charge in [0.05, 0.1) is 10.6 Å². The van der Waals surface area contributed by atoms with Crippen molar-refractivity contribution in [3.05, 3.63) is 24.0 Å². The summed E-state index contributed by atoms with van der Waals surface area (Å²) in [5.41, 5.74) is 4.61. The van der Waals surface area contributed by atoms with Gasteiger partial charge in [-0.2, -0.15) is 0 Å². The van der Waals surface area contributed by atoms with Crippen LogP contribution in [0.4, 0.5) is 10.1 Å². The number of hydrogen-bond donors (Lipinski definition) is 2. The van der Waals surface area contributed by atoms with Crippen LogP contribution < -0.4 is 10.5 Å². The van der Waals surface area contributed by atoms with Crippen LogP contribution in [0.25, 0.3) is 0 Å². The molecular formula is C11H17FN2O2S. The Labute approximate surface area is 101 Å². The lowest BCUT2D eigenvalue weighted by molar-refractivity contribution is 0.439. The summed E-state index contributed by atoms with van der Waals surface area (Å²) in [5, 5.41) is 0. The molecule has 0 unspecified atom stereocenters. The van der Waals surface area contributed by atoms with Gasteiger partial charge in [-0.05, 0) is 38.5 Å². The smallest absolute Gasteiger partial charge is 0.241 e. The molecule has 0 heterocycles. The summed E-state index contributed by atoms with van der Waals surface area (Å²) < 4.78 is 39.5. The lowest BCUT2D eigenvalue weighted by Crippen LogP contribution is -2.42. The second-order valence-electron chi connectivity index (χ2n) is 4.53. The lowest BCUT2D eigenvalue weighted by atomic mass is 10.0. The van der Waals surface area contributed by atoms with Crippen LogP contribution in [-0.2, 0) is 10.0 Å². The minimum atomic E-state index is -3.67. The Kier molecular flexibility index (Phi) is 3.78. The zero-order chi connectivity index (χ0) is 13.3. The third kappa shape index (κ3) is 3.41. The quantitative estimate of drug-likeness (QED) is 0.812. The molecule has 4 nitrogen and oxygen atoms in total. The summed E-state index contributed by atoms with van der Waals surface area (Å²) in [6.07, 6.45) is 0.642.